The van der Waals surface area contributed by atoms with Crippen LogP contribution in [0.2, 0.25) is 5.02 Å². The number of hydrogen-bond acceptors (Lipinski definition) is 4. The highest BCUT2D eigenvalue weighted by Crippen LogP contribution is 2.24. The first-order valence-electron chi connectivity index (χ1n) is 8.01. The van der Waals surface area contributed by atoms with Crippen LogP contribution in [0, 0.1) is 0 Å². The fraction of sp³-hybridized carbons (Fsp3) is 0.278. The van der Waals surface area contributed by atoms with Crippen LogP contribution in [-0.2, 0) is 21.4 Å². The molecule has 0 aliphatic carbocycles. The summed E-state index contributed by atoms with van der Waals surface area (Å²) in [5, 5.41) is 3.14. The van der Waals surface area contributed by atoms with Gasteiger partial charge in [0, 0.05) is 11.6 Å². The molecule has 0 bridgehead atoms. The number of ether oxygens (including phenoxy) is 1. The number of anilines is 1. The maximum atomic E-state index is 12.4. The second kappa shape index (κ2) is 9.02. The summed E-state index contributed by atoms with van der Waals surface area (Å²) < 4.78 is 30.7. The molecule has 0 atom stereocenters. The van der Waals surface area contributed by atoms with Crippen LogP contribution in [0.3, 0.4) is 0 Å². The molecule has 0 aromatic heterocycles. The minimum Gasteiger partial charge on any atom is -0.492 e. The molecule has 0 saturated carbocycles. The zero-order valence-corrected chi connectivity index (χ0v) is 16.2. The van der Waals surface area contributed by atoms with Crippen LogP contribution in [-0.4, -0.2) is 38.0 Å². The van der Waals surface area contributed by atoms with Gasteiger partial charge in [0.1, 0.15) is 5.75 Å². The number of rotatable bonds is 8. The molecule has 0 aliphatic heterocycles. The van der Waals surface area contributed by atoms with Crippen molar-refractivity contribution in [3.8, 4) is 5.75 Å². The Kier molecular flexibility index (Phi) is 7.02. The summed E-state index contributed by atoms with van der Waals surface area (Å²) in [7, 11) is -3.60. The third kappa shape index (κ3) is 5.72. The maximum absolute atomic E-state index is 12.4. The third-order valence-electron chi connectivity index (χ3n) is 3.55. The fourth-order valence-corrected chi connectivity index (χ4v) is 3.23. The molecule has 26 heavy (non-hydrogen) atoms. The Hall–Kier alpha value is -2.09. The van der Waals surface area contributed by atoms with Gasteiger partial charge in [-0.05, 0) is 30.7 Å². The summed E-state index contributed by atoms with van der Waals surface area (Å²) in [4.78, 5) is 12.4. The minimum absolute atomic E-state index is 0.0129. The number of nitrogens with zero attached hydrogens (tertiary/aromatic N) is 1. The molecule has 1 N–H and O–H groups in total. The number of carbonyl (C=O) groups is 1. The highest BCUT2D eigenvalue weighted by Gasteiger charge is 2.22. The van der Waals surface area contributed by atoms with Gasteiger partial charge >= 0.3 is 0 Å². The number of hydrogen-bond donors (Lipinski definition) is 1. The molecule has 2 rings (SSSR count). The van der Waals surface area contributed by atoms with Gasteiger partial charge in [-0.15, -0.1) is 0 Å². The Morgan fingerprint density at radius 2 is 1.81 bits per heavy atom. The van der Waals surface area contributed by atoms with Gasteiger partial charge in [-0.3, -0.25) is 4.79 Å². The zero-order chi connectivity index (χ0) is 19.2. The molecule has 140 valence electrons. The monoisotopic (exact) mass is 396 g/mol. The van der Waals surface area contributed by atoms with E-state index in [4.69, 9.17) is 16.3 Å². The number of halogens is 1. The van der Waals surface area contributed by atoms with Crippen molar-refractivity contribution in [1.29, 1.82) is 0 Å². The summed E-state index contributed by atoms with van der Waals surface area (Å²) in [6.07, 6.45) is 1.06. The first-order chi connectivity index (χ1) is 12.3. The van der Waals surface area contributed by atoms with Crippen molar-refractivity contribution < 1.29 is 17.9 Å². The summed E-state index contributed by atoms with van der Waals surface area (Å²) in [5.74, 6) is 0.0648. The van der Waals surface area contributed by atoms with E-state index in [0.29, 0.717) is 28.6 Å². The average molecular weight is 397 g/mol. The Balaban J connectivity index is 2.14. The van der Waals surface area contributed by atoms with Crippen molar-refractivity contribution in [3.05, 3.63) is 59.1 Å². The van der Waals surface area contributed by atoms with E-state index in [1.165, 1.54) is 0 Å². The van der Waals surface area contributed by atoms with Gasteiger partial charge in [-0.25, -0.2) is 8.42 Å². The van der Waals surface area contributed by atoms with Crippen LogP contribution >= 0.6 is 11.6 Å². The van der Waals surface area contributed by atoms with Crippen LogP contribution in [0.4, 0.5) is 5.69 Å². The predicted octanol–water partition coefficient (Wildman–Crippen LogP) is 3.14. The highest BCUT2D eigenvalue weighted by atomic mass is 35.5. The lowest BCUT2D eigenvalue weighted by atomic mass is 10.2. The normalized spacial score (nSPS) is 11.4. The first-order valence-corrected chi connectivity index (χ1v) is 10.2. The van der Waals surface area contributed by atoms with Crippen LogP contribution < -0.4 is 10.1 Å². The summed E-state index contributed by atoms with van der Waals surface area (Å²) >= 11 is 6.10. The SMILES string of the molecule is CCOc1ccccc1NC(=O)CN(Cc1ccccc1Cl)S(C)(=O)=O. The minimum atomic E-state index is -3.60. The molecule has 8 heteroatoms. The third-order valence-corrected chi connectivity index (χ3v) is 5.12. The molecule has 2 aromatic carbocycles. The molecule has 1 amide bonds. The van der Waals surface area contributed by atoms with E-state index in [0.717, 1.165) is 10.6 Å². The van der Waals surface area contributed by atoms with E-state index >= 15 is 0 Å². The first kappa shape index (κ1) is 20.2. The molecule has 0 radical (unpaired) electrons. The Morgan fingerprint density at radius 1 is 1.15 bits per heavy atom. The zero-order valence-electron chi connectivity index (χ0n) is 14.6. The smallest absolute Gasteiger partial charge is 0.239 e. The lowest BCUT2D eigenvalue weighted by Crippen LogP contribution is -2.37. The molecule has 0 spiro atoms. The average Bonchev–Trinajstić information content (AvgIpc) is 2.57. The van der Waals surface area contributed by atoms with E-state index in [-0.39, 0.29) is 13.1 Å². The van der Waals surface area contributed by atoms with Gasteiger partial charge in [0.2, 0.25) is 15.9 Å². The van der Waals surface area contributed by atoms with E-state index in [1.807, 2.05) is 6.92 Å². The molecular formula is C18H21ClN2O4S. The maximum Gasteiger partial charge on any atom is 0.239 e. The van der Waals surface area contributed by atoms with Gasteiger partial charge < -0.3 is 10.1 Å². The van der Waals surface area contributed by atoms with Crippen LogP contribution in [0.1, 0.15) is 12.5 Å². The number of sulfonamides is 1. The molecule has 0 unspecified atom stereocenters. The molecule has 0 aliphatic rings. The van der Waals surface area contributed by atoms with Gasteiger partial charge in [0.05, 0.1) is 25.1 Å². The van der Waals surface area contributed by atoms with Gasteiger partial charge in [0.15, 0.2) is 0 Å². The van der Waals surface area contributed by atoms with Gasteiger partial charge in [-0.2, -0.15) is 4.31 Å². The van der Waals surface area contributed by atoms with Crippen molar-refractivity contribution in [2.45, 2.75) is 13.5 Å². The highest BCUT2D eigenvalue weighted by molar-refractivity contribution is 7.88. The number of carbonyl (C=O) groups excluding carboxylic acids is 1. The summed E-state index contributed by atoms with van der Waals surface area (Å²) in [5.41, 5.74) is 1.12. The number of para-hydroxylation sites is 2. The van der Waals surface area contributed by atoms with E-state index in [2.05, 4.69) is 5.32 Å². The largest absolute Gasteiger partial charge is 0.492 e. The molecular weight excluding hydrogens is 376 g/mol. The molecule has 0 fully saturated rings. The van der Waals surface area contributed by atoms with E-state index < -0.39 is 15.9 Å². The predicted molar refractivity (Wildman–Crippen MR) is 103 cm³/mol. The van der Waals surface area contributed by atoms with Crippen molar-refractivity contribution in [3.63, 3.8) is 0 Å². The molecule has 0 saturated heterocycles. The Bertz CT molecular complexity index is 871. The van der Waals surface area contributed by atoms with Crippen molar-refractivity contribution in [1.82, 2.24) is 4.31 Å². The quantitative estimate of drug-likeness (QED) is 0.743. The van der Waals surface area contributed by atoms with Crippen LogP contribution in [0.25, 0.3) is 0 Å². The number of benzene rings is 2. The molecule has 0 heterocycles. The summed E-state index contributed by atoms with van der Waals surface area (Å²) in [6.45, 7) is 1.98. The number of amides is 1. The topological polar surface area (TPSA) is 75.7 Å². The number of nitrogens with one attached hydrogen (secondary N) is 1. The van der Waals surface area contributed by atoms with Crippen LogP contribution in [0.5, 0.6) is 5.75 Å². The lowest BCUT2D eigenvalue weighted by Gasteiger charge is -2.20. The van der Waals surface area contributed by atoms with Crippen molar-refractivity contribution >= 4 is 33.2 Å². The lowest BCUT2D eigenvalue weighted by molar-refractivity contribution is -0.116. The van der Waals surface area contributed by atoms with Crippen LogP contribution in [0.15, 0.2) is 48.5 Å². The van der Waals surface area contributed by atoms with Crippen molar-refractivity contribution in [2.24, 2.45) is 0 Å². The molecule has 6 nitrogen and oxygen atoms in total. The van der Waals surface area contributed by atoms with Crippen molar-refractivity contribution in [2.75, 3.05) is 24.7 Å². The van der Waals surface area contributed by atoms with E-state index in [1.54, 1.807) is 48.5 Å². The Morgan fingerprint density at radius 3 is 2.46 bits per heavy atom. The van der Waals surface area contributed by atoms with Gasteiger partial charge in [0.25, 0.3) is 0 Å². The van der Waals surface area contributed by atoms with E-state index in [9.17, 15) is 13.2 Å². The summed E-state index contributed by atoms with van der Waals surface area (Å²) in [6, 6.07) is 13.9. The molecule has 2 aromatic rings. The Labute approximate surface area is 158 Å². The van der Waals surface area contributed by atoms with Gasteiger partial charge in [-0.1, -0.05) is 41.9 Å². The second-order valence-electron chi connectivity index (χ2n) is 5.60. The second-order valence-corrected chi connectivity index (χ2v) is 7.99. The standard InChI is InChI=1S/C18H21ClN2O4S/c1-3-25-17-11-7-6-10-16(17)20-18(22)13-21(26(2,23)24)12-14-8-4-5-9-15(14)19/h4-11H,3,12-13H2,1-2H3,(H,20,22). The fourth-order valence-electron chi connectivity index (χ4n) is 2.31.